The van der Waals surface area contributed by atoms with E-state index < -0.39 is 0 Å². The van der Waals surface area contributed by atoms with Crippen LogP contribution in [0.2, 0.25) is 0 Å². The maximum absolute atomic E-state index is 12.0. The number of carbonyl (C=O) groups excluding carboxylic acids is 1. The van der Waals surface area contributed by atoms with E-state index in [0.29, 0.717) is 17.8 Å². The van der Waals surface area contributed by atoms with Crippen LogP contribution < -0.4 is 11.1 Å². The molecule has 2 aromatic rings. The van der Waals surface area contributed by atoms with Gasteiger partial charge < -0.3 is 15.6 Å². The second-order valence-corrected chi connectivity index (χ2v) is 4.78. The van der Waals surface area contributed by atoms with E-state index in [-0.39, 0.29) is 5.91 Å². The number of aryl methyl sites for hydroxylation is 2. The van der Waals surface area contributed by atoms with E-state index in [1.165, 1.54) is 5.69 Å². The van der Waals surface area contributed by atoms with Gasteiger partial charge in [0, 0.05) is 29.7 Å². The molecule has 0 unspecified atom stereocenters. The molecule has 0 spiro atoms. The van der Waals surface area contributed by atoms with Crippen molar-refractivity contribution in [2.75, 3.05) is 5.73 Å². The summed E-state index contributed by atoms with van der Waals surface area (Å²) in [7, 11) is 1.99. The van der Waals surface area contributed by atoms with Gasteiger partial charge in [0.05, 0.1) is 6.54 Å². The Morgan fingerprint density at radius 2 is 2.00 bits per heavy atom. The minimum atomic E-state index is -0.0815. The summed E-state index contributed by atoms with van der Waals surface area (Å²) in [5, 5.41) is 2.92. The molecule has 0 aliphatic rings. The minimum Gasteiger partial charge on any atom is -0.399 e. The van der Waals surface area contributed by atoms with Crippen molar-refractivity contribution < 1.29 is 4.79 Å². The second-order valence-electron chi connectivity index (χ2n) is 4.78. The third-order valence-electron chi connectivity index (χ3n) is 3.44. The molecule has 1 aromatic carbocycles. The van der Waals surface area contributed by atoms with Gasteiger partial charge in [0.2, 0.25) is 0 Å². The van der Waals surface area contributed by atoms with Crippen LogP contribution in [0.1, 0.15) is 27.3 Å². The van der Waals surface area contributed by atoms with Gasteiger partial charge in [0.15, 0.2) is 0 Å². The first-order chi connectivity index (χ1) is 8.99. The number of hydrogen-bond acceptors (Lipinski definition) is 2. The van der Waals surface area contributed by atoms with Crippen LogP contribution in [0.3, 0.4) is 0 Å². The van der Waals surface area contributed by atoms with Gasteiger partial charge in [-0.2, -0.15) is 0 Å². The highest BCUT2D eigenvalue weighted by Crippen LogP contribution is 2.13. The van der Waals surface area contributed by atoms with Gasteiger partial charge >= 0.3 is 0 Å². The average Bonchev–Trinajstić information content (AvgIpc) is 2.70. The summed E-state index contributed by atoms with van der Waals surface area (Å²) in [6.45, 7) is 4.45. The Bertz CT molecular complexity index is 614. The number of amides is 1. The number of nitrogens with two attached hydrogens (primary N) is 1. The Labute approximate surface area is 113 Å². The third-order valence-corrected chi connectivity index (χ3v) is 3.44. The molecule has 0 atom stereocenters. The highest BCUT2D eigenvalue weighted by molar-refractivity contribution is 5.94. The molecular formula is C15H19N3O. The summed E-state index contributed by atoms with van der Waals surface area (Å²) < 4.78 is 2.06. The molecule has 100 valence electrons. The van der Waals surface area contributed by atoms with Crippen molar-refractivity contribution >= 4 is 11.6 Å². The van der Waals surface area contributed by atoms with Gasteiger partial charge in [0.25, 0.3) is 5.91 Å². The van der Waals surface area contributed by atoms with Crippen molar-refractivity contribution in [2.45, 2.75) is 20.4 Å². The van der Waals surface area contributed by atoms with Crippen molar-refractivity contribution in [1.82, 2.24) is 9.88 Å². The quantitative estimate of drug-likeness (QED) is 0.828. The molecule has 0 aliphatic heterocycles. The molecule has 1 heterocycles. The number of nitrogen functional groups attached to an aromatic ring is 1. The molecule has 0 aliphatic carbocycles. The molecule has 1 amide bonds. The summed E-state index contributed by atoms with van der Waals surface area (Å²) >= 11 is 0. The Morgan fingerprint density at radius 3 is 2.58 bits per heavy atom. The van der Waals surface area contributed by atoms with Gasteiger partial charge in [-0.15, -0.1) is 0 Å². The van der Waals surface area contributed by atoms with Crippen LogP contribution in [-0.2, 0) is 13.6 Å². The first-order valence-electron chi connectivity index (χ1n) is 6.24. The summed E-state index contributed by atoms with van der Waals surface area (Å²) in [6, 6.07) is 9.37. The van der Waals surface area contributed by atoms with Gasteiger partial charge in [0.1, 0.15) is 0 Å². The molecule has 0 saturated heterocycles. The summed E-state index contributed by atoms with van der Waals surface area (Å²) in [5.74, 6) is -0.0815. The summed E-state index contributed by atoms with van der Waals surface area (Å²) in [6.07, 6.45) is 0. The topological polar surface area (TPSA) is 60.0 Å². The number of benzene rings is 1. The Hall–Kier alpha value is -2.23. The van der Waals surface area contributed by atoms with Crippen molar-refractivity contribution in [3.63, 3.8) is 0 Å². The van der Waals surface area contributed by atoms with Crippen LogP contribution in [0.15, 0.2) is 30.3 Å². The maximum atomic E-state index is 12.0. The van der Waals surface area contributed by atoms with E-state index in [0.717, 1.165) is 11.3 Å². The maximum Gasteiger partial charge on any atom is 0.251 e. The lowest BCUT2D eigenvalue weighted by atomic mass is 10.1. The molecule has 0 fully saturated rings. The molecule has 2 rings (SSSR count). The van der Waals surface area contributed by atoms with E-state index in [2.05, 4.69) is 9.88 Å². The van der Waals surface area contributed by atoms with Crippen molar-refractivity contribution in [3.8, 4) is 0 Å². The fourth-order valence-corrected chi connectivity index (χ4v) is 1.93. The number of nitrogens with zero attached hydrogens (tertiary/aromatic N) is 1. The first-order valence-corrected chi connectivity index (χ1v) is 6.24. The summed E-state index contributed by atoms with van der Waals surface area (Å²) in [4.78, 5) is 12.0. The SMILES string of the molecule is Cc1cc(C(=O)NCc2ccc(C)n2C)ccc1N. The molecule has 0 radical (unpaired) electrons. The molecule has 4 heteroatoms. The van der Waals surface area contributed by atoms with Gasteiger partial charge in [-0.3, -0.25) is 4.79 Å². The lowest BCUT2D eigenvalue weighted by molar-refractivity contribution is 0.0950. The van der Waals surface area contributed by atoms with Crippen LogP contribution in [0, 0.1) is 13.8 Å². The Balaban J connectivity index is 2.05. The third kappa shape index (κ3) is 2.78. The predicted octanol–water partition coefficient (Wildman–Crippen LogP) is 2.15. The van der Waals surface area contributed by atoms with Crippen LogP contribution in [0.4, 0.5) is 5.69 Å². The normalized spacial score (nSPS) is 10.5. The zero-order chi connectivity index (χ0) is 14.0. The Kier molecular flexibility index (Phi) is 3.60. The number of carbonyl (C=O) groups is 1. The first kappa shape index (κ1) is 13.2. The van der Waals surface area contributed by atoms with E-state index in [1.54, 1.807) is 18.2 Å². The fourth-order valence-electron chi connectivity index (χ4n) is 1.93. The van der Waals surface area contributed by atoms with E-state index in [1.807, 2.05) is 33.0 Å². The number of hydrogen-bond donors (Lipinski definition) is 2. The molecule has 0 saturated carbocycles. The monoisotopic (exact) mass is 257 g/mol. The zero-order valence-corrected chi connectivity index (χ0v) is 11.5. The molecule has 4 nitrogen and oxygen atoms in total. The smallest absolute Gasteiger partial charge is 0.251 e. The zero-order valence-electron chi connectivity index (χ0n) is 11.5. The van der Waals surface area contributed by atoms with Gasteiger partial charge in [-0.1, -0.05) is 0 Å². The Morgan fingerprint density at radius 1 is 1.26 bits per heavy atom. The van der Waals surface area contributed by atoms with E-state index in [9.17, 15) is 4.79 Å². The largest absolute Gasteiger partial charge is 0.399 e. The van der Waals surface area contributed by atoms with Crippen LogP contribution >= 0.6 is 0 Å². The van der Waals surface area contributed by atoms with Crippen molar-refractivity contribution in [3.05, 3.63) is 52.8 Å². The number of rotatable bonds is 3. The fraction of sp³-hybridized carbons (Fsp3) is 0.267. The summed E-state index contributed by atoms with van der Waals surface area (Å²) in [5.41, 5.74) is 10.3. The lowest BCUT2D eigenvalue weighted by Gasteiger charge is -2.08. The second kappa shape index (κ2) is 5.18. The molecule has 0 bridgehead atoms. The molecule has 1 aromatic heterocycles. The number of anilines is 1. The van der Waals surface area contributed by atoms with Crippen molar-refractivity contribution in [2.24, 2.45) is 7.05 Å². The van der Waals surface area contributed by atoms with E-state index in [4.69, 9.17) is 5.73 Å². The van der Waals surface area contributed by atoms with Crippen LogP contribution in [-0.4, -0.2) is 10.5 Å². The standard InChI is InChI=1S/C15H19N3O/c1-10-8-12(5-7-14(10)16)15(19)17-9-13-6-4-11(2)18(13)3/h4-8H,9,16H2,1-3H3,(H,17,19). The minimum absolute atomic E-state index is 0.0815. The van der Waals surface area contributed by atoms with Crippen molar-refractivity contribution in [1.29, 1.82) is 0 Å². The predicted molar refractivity (Wildman–Crippen MR) is 76.9 cm³/mol. The molecular weight excluding hydrogens is 238 g/mol. The molecule has 19 heavy (non-hydrogen) atoms. The average molecular weight is 257 g/mol. The molecule has 3 N–H and O–H groups in total. The van der Waals surface area contributed by atoms with E-state index >= 15 is 0 Å². The van der Waals surface area contributed by atoms with Gasteiger partial charge in [-0.05, 0) is 49.7 Å². The lowest BCUT2D eigenvalue weighted by Crippen LogP contribution is -2.24. The van der Waals surface area contributed by atoms with Gasteiger partial charge in [-0.25, -0.2) is 0 Å². The highest BCUT2D eigenvalue weighted by atomic mass is 16.1. The highest BCUT2D eigenvalue weighted by Gasteiger charge is 2.08. The van der Waals surface area contributed by atoms with Crippen LogP contribution in [0.5, 0.6) is 0 Å². The number of nitrogens with one attached hydrogen (secondary N) is 1. The number of aromatic nitrogens is 1. The van der Waals surface area contributed by atoms with Crippen LogP contribution in [0.25, 0.3) is 0 Å².